The number of hydrogen-bond donors (Lipinski definition) is 1. The molecule has 0 unspecified atom stereocenters. The van der Waals surface area contributed by atoms with Gasteiger partial charge in [-0.2, -0.15) is 0 Å². The lowest BCUT2D eigenvalue weighted by molar-refractivity contribution is -0.123. The first-order chi connectivity index (χ1) is 11.3. The van der Waals surface area contributed by atoms with Gasteiger partial charge in [0.25, 0.3) is 0 Å². The summed E-state index contributed by atoms with van der Waals surface area (Å²) in [5.41, 5.74) is 0.202. The molecule has 0 bridgehead atoms. The molecule has 24 heavy (non-hydrogen) atoms. The molecule has 1 N–H and O–H groups in total. The normalized spacial score (nSPS) is 14.8. The minimum atomic E-state index is -3.55. The van der Waals surface area contributed by atoms with Crippen LogP contribution in [0.2, 0.25) is 5.02 Å². The first-order valence-corrected chi connectivity index (χ1v) is 9.23. The average molecular weight is 378 g/mol. The Hall–Kier alpha value is -1.25. The standard InChI is InChI=1S/C8H6ClNO3S.C6H14O2.C2H4/c9-5-1-2-6-7(11)4-10-14(12,13)8(6)3-5;1-4-7-6(3)8-5-2;1-2/h1-3,10H,4H2;6H,4-5H2,1-3H3;1-2H2. The van der Waals surface area contributed by atoms with E-state index in [-0.39, 0.29) is 29.1 Å². The Morgan fingerprint density at radius 3 is 2.29 bits per heavy atom. The summed E-state index contributed by atoms with van der Waals surface area (Å²) in [6.45, 7) is 13.1. The van der Waals surface area contributed by atoms with Gasteiger partial charge in [-0.1, -0.05) is 11.6 Å². The highest BCUT2D eigenvalue weighted by molar-refractivity contribution is 7.89. The molecule has 1 aliphatic heterocycles. The van der Waals surface area contributed by atoms with E-state index in [0.29, 0.717) is 5.02 Å². The molecule has 1 aromatic rings. The summed E-state index contributed by atoms with van der Waals surface area (Å²) in [4.78, 5) is 11.3. The van der Waals surface area contributed by atoms with Crippen LogP contribution in [0.25, 0.3) is 0 Å². The Morgan fingerprint density at radius 2 is 1.79 bits per heavy atom. The maximum Gasteiger partial charge on any atom is 0.241 e. The van der Waals surface area contributed by atoms with Crippen molar-refractivity contribution in [3.8, 4) is 0 Å². The fraction of sp³-hybridized carbons (Fsp3) is 0.438. The van der Waals surface area contributed by atoms with Gasteiger partial charge in [0.05, 0.1) is 11.4 Å². The quantitative estimate of drug-likeness (QED) is 0.644. The number of halogens is 1. The topological polar surface area (TPSA) is 81.7 Å². The molecular formula is C16H24ClNO5S. The first kappa shape index (κ1) is 22.8. The van der Waals surface area contributed by atoms with Crippen LogP contribution in [0.5, 0.6) is 0 Å². The smallest absolute Gasteiger partial charge is 0.241 e. The monoisotopic (exact) mass is 377 g/mol. The third kappa shape index (κ3) is 7.11. The third-order valence-electron chi connectivity index (χ3n) is 2.76. The van der Waals surface area contributed by atoms with Crippen LogP contribution >= 0.6 is 11.6 Å². The zero-order valence-electron chi connectivity index (χ0n) is 14.2. The number of fused-ring (bicyclic) bond motifs is 1. The Bertz CT molecular complexity index is 627. The summed E-state index contributed by atoms with van der Waals surface area (Å²) in [6, 6.07) is 4.20. The molecule has 0 spiro atoms. The van der Waals surface area contributed by atoms with Gasteiger partial charge in [0.2, 0.25) is 10.0 Å². The molecule has 0 amide bonds. The number of nitrogens with one attached hydrogen (secondary N) is 1. The van der Waals surface area contributed by atoms with Crippen molar-refractivity contribution in [3.63, 3.8) is 0 Å². The summed E-state index contributed by atoms with van der Waals surface area (Å²) in [5.74, 6) is -0.244. The molecule has 8 heteroatoms. The maximum absolute atomic E-state index is 11.4. The molecule has 2 rings (SSSR count). The predicted octanol–water partition coefficient (Wildman–Crippen LogP) is 3.02. The molecule has 0 radical (unpaired) electrons. The molecule has 1 heterocycles. The molecule has 0 aliphatic carbocycles. The highest BCUT2D eigenvalue weighted by Crippen LogP contribution is 2.23. The van der Waals surface area contributed by atoms with Gasteiger partial charge in [0.15, 0.2) is 12.1 Å². The van der Waals surface area contributed by atoms with E-state index in [9.17, 15) is 13.2 Å². The number of carbonyl (C=O) groups is 1. The Balaban J connectivity index is 0.000000456. The highest BCUT2D eigenvalue weighted by atomic mass is 35.5. The average Bonchev–Trinajstić information content (AvgIpc) is 2.55. The summed E-state index contributed by atoms with van der Waals surface area (Å²) in [6.07, 6.45) is -0.0370. The molecule has 0 fully saturated rings. The van der Waals surface area contributed by atoms with Crippen LogP contribution in [-0.4, -0.2) is 40.2 Å². The van der Waals surface area contributed by atoms with Gasteiger partial charge >= 0.3 is 0 Å². The molecular weight excluding hydrogens is 354 g/mol. The van der Waals surface area contributed by atoms with Crippen molar-refractivity contribution in [2.45, 2.75) is 32.0 Å². The summed E-state index contributed by atoms with van der Waals surface area (Å²) >= 11 is 5.65. The van der Waals surface area contributed by atoms with Crippen molar-refractivity contribution in [2.24, 2.45) is 0 Å². The number of sulfonamides is 1. The summed E-state index contributed by atoms with van der Waals surface area (Å²) in [7, 11) is -3.55. The minimum Gasteiger partial charge on any atom is -0.353 e. The summed E-state index contributed by atoms with van der Waals surface area (Å²) in [5, 5.41) is 0.295. The second-order valence-electron chi connectivity index (χ2n) is 4.37. The van der Waals surface area contributed by atoms with Crippen molar-refractivity contribution in [2.75, 3.05) is 19.8 Å². The lowest BCUT2D eigenvalue weighted by atomic mass is 10.1. The van der Waals surface area contributed by atoms with Crippen LogP contribution in [0.15, 0.2) is 36.3 Å². The van der Waals surface area contributed by atoms with Crippen molar-refractivity contribution >= 4 is 27.4 Å². The van der Waals surface area contributed by atoms with Gasteiger partial charge in [-0.15, -0.1) is 13.2 Å². The largest absolute Gasteiger partial charge is 0.353 e. The van der Waals surface area contributed by atoms with Crippen LogP contribution in [0, 0.1) is 0 Å². The van der Waals surface area contributed by atoms with E-state index < -0.39 is 10.0 Å². The molecule has 1 aliphatic rings. The van der Waals surface area contributed by atoms with Crippen LogP contribution in [-0.2, 0) is 19.5 Å². The zero-order valence-corrected chi connectivity index (χ0v) is 15.7. The second kappa shape index (κ2) is 11.3. The first-order valence-electron chi connectivity index (χ1n) is 7.37. The van der Waals surface area contributed by atoms with Crippen molar-refractivity contribution in [3.05, 3.63) is 41.9 Å². The van der Waals surface area contributed by atoms with Gasteiger partial charge in [0.1, 0.15) is 0 Å². The lowest BCUT2D eigenvalue weighted by Crippen LogP contribution is -2.36. The molecule has 0 atom stereocenters. The van der Waals surface area contributed by atoms with E-state index in [1.54, 1.807) is 0 Å². The number of benzene rings is 1. The van der Waals surface area contributed by atoms with E-state index in [1.165, 1.54) is 18.2 Å². The molecule has 0 aromatic heterocycles. The van der Waals surface area contributed by atoms with Crippen molar-refractivity contribution < 1.29 is 22.7 Å². The molecule has 0 saturated heterocycles. The van der Waals surface area contributed by atoms with Crippen molar-refractivity contribution in [1.82, 2.24) is 4.72 Å². The number of rotatable bonds is 4. The minimum absolute atomic E-state index is 0.0370. The number of Topliss-reactive ketones (excluding diaryl/α,β-unsaturated/α-hetero) is 1. The number of ketones is 1. The van der Waals surface area contributed by atoms with Crippen molar-refractivity contribution in [1.29, 1.82) is 0 Å². The van der Waals surface area contributed by atoms with Gasteiger partial charge in [-0.05, 0) is 39.0 Å². The number of ether oxygens (including phenoxy) is 2. The Kier molecular flexibility index (Phi) is 10.7. The van der Waals surface area contributed by atoms with E-state index in [4.69, 9.17) is 21.1 Å². The van der Waals surface area contributed by atoms with Crippen LogP contribution in [0.4, 0.5) is 0 Å². The van der Waals surface area contributed by atoms with Gasteiger partial charge in [-0.3, -0.25) is 4.79 Å². The molecule has 136 valence electrons. The number of carbonyl (C=O) groups excluding carboxylic acids is 1. The Labute approximate surface area is 148 Å². The Morgan fingerprint density at radius 1 is 1.25 bits per heavy atom. The fourth-order valence-electron chi connectivity index (χ4n) is 1.80. The van der Waals surface area contributed by atoms with Crippen LogP contribution < -0.4 is 4.72 Å². The predicted molar refractivity (Wildman–Crippen MR) is 94.9 cm³/mol. The molecule has 6 nitrogen and oxygen atoms in total. The van der Waals surface area contributed by atoms with E-state index in [2.05, 4.69) is 17.9 Å². The van der Waals surface area contributed by atoms with Gasteiger partial charge < -0.3 is 9.47 Å². The van der Waals surface area contributed by atoms with Gasteiger partial charge in [0, 0.05) is 23.8 Å². The SMILES string of the molecule is C=C.CCOC(C)OCC.O=C1CNS(=O)(=O)c2cc(Cl)ccc21. The lowest BCUT2D eigenvalue weighted by Gasteiger charge is -2.15. The fourth-order valence-corrected chi connectivity index (χ4v) is 3.27. The molecule has 0 saturated carbocycles. The van der Waals surface area contributed by atoms with E-state index >= 15 is 0 Å². The maximum atomic E-state index is 11.4. The van der Waals surface area contributed by atoms with Gasteiger partial charge in [-0.25, -0.2) is 13.1 Å². The van der Waals surface area contributed by atoms with E-state index in [1.807, 2.05) is 20.8 Å². The summed E-state index contributed by atoms with van der Waals surface area (Å²) < 4.78 is 35.2. The third-order valence-corrected chi connectivity index (χ3v) is 4.44. The molecule has 1 aromatic carbocycles. The number of hydrogen-bond acceptors (Lipinski definition) is 5. The van der Waals surface area contributed by atoms with Crippen LogP contribution in [0.3, 0.4) is 0 Å². The van der Waals surface area contributed by atoms with Crippen LogP contribution in [0.1, 0.15) is 31.1 Å². The zero-order chi connectivity index (χ0) is 18.8. The second-order valence-corrected chi connectivity index (χ2v) is 6.54. The van der Waals surface area contributed by atoms with E-state index in [0.717, 1.165) is 13.2 Å². The highest BCUT2D eigenvalue weighted by Gasteiger charge is 2.28.